The fourth-order valence-corrected chi connectivity index (χ4v) is 2.57. The molecule has 0 fully saturated rings. The Labute approximate surface area is 119 Å². The molecule has 0 aliphatic carbocycles. The van der Waals surface area contributed by atoms with E-state index in [2.05, 4.69) is 18.7 Å². The third-order valence-corrected chi connectivity index (χ3v) is 3.85. The molecule has 0 saturated heterocycles. The van der Waals surface area contributed by atoms with E-state index in [-0.39, 0.29) is 11.9 Å². The molecule has 1 atom stereocenters. The molecule has 0 amide bonds. The molecule has 0 saturated carbocycles. The average molecular weight is 274 g/mol. The zero-order valence-electron chi connectivity index (χ0n) is 12.6. The lowest BCUT2D eigenvalue weighted by Crippen LogP contribution is -2.41. The van der Waals surface area contributed by atoms with E-state index < -0.39 is 0 Å². The van der Waals surface area contributed by atoms with Crippen LogP contribution in [0, 0.1) is 0 Å². The van der Waals surface area contributed by atoms with Crippen molar-refractivity contribution in [2.75, 3.05) is 20.2 Å². The highest BCUT2D eigenvalue weighted by Gasteiger charge is 2.21. The van der Waals surface area contributed by atoms with Crippen molar-refractivity contribution in [3.63, 3.8) is 0 Å². The molecule has 1 aromatic heterocycles. The van der Waals surface area contributed by atoms with E-state index in [1.807, 2.05) is 37.4 Å². The highest BCUT2D eigenvalue weighted by molar-refractivity contribution is 5.95. The van der Waals surface area contributed by atoms with Crippen molar-refractivity contribution < 1.29 is 9.53 Å². The molecule has 20 heavy (non-hydrogen) atoms. The average Bonchev–Trinajstić information content (AvgIpc) is 2.90. The molecule has 2 aromatic rings. The van der Waals surface area contributed by atoms with Gasteiger partial charge in [0.15, 0.2) is 0 Å². The SMILES string of the molecule is CCN(CC)C(C)C(=O)n1ccc2cc(OC)ccc21. The van der Waals surface area contributed by atoms with Gasteiger partial charge in [0.05, 0.1) is 18.7 Å². The maximum atomic E-state index is 12.6. The van der Waals surface area contributed by atoms with Crippen LogP contribution in [-0.4, -0.2) is 41.6 Å². The molecule has 0 bridgehead atoms. The molecule has 1 aromatic carbocycles. The lowest BCUT2D eigenvalue weighted by Gasteiger charge is -2.25. The van der Waals surface area contributed by atoms with E-state index in [4.69, 9.17) is 4.74 Å². The second-order valence-corrected chi connectivity index (χ2v) is 4.85. The van der Waals surface area contributed by atoms with Crippen LogP contribution in [0.3, 0.4) is 0 Å². The van der Waals surface area contributed by atoms with Gasteiger partial charge in [-0.15, -0.1) is 0 Å². The van der Waals surface area contributed by atoms with Crippen LogP contribution in [0.25, 0.3) is 10.9 Å². The van der Waals surface area contributed by atoms with E-state index in [0.717, 1.165) is 29.7 Å². The predicted molar refractivity (Wildman–Crippen MR) is 81.5 cm³/mol. The molecule has 0 spiro atoms. The number of methoxy groups -OCH3 is 1. The van der Waals surface area contributed by atoms with E-state index in [1.165, 1.54) is 0 Å². The van der Waals surface area contributed by atoms with Gasteiger partial charge in [0.25, 0.3) is 0 Å². The number of fused-ring (bicyclic) bond motifs is 1. The molecule has 1 unspecified atom stereocenters. The number of hydrogen-bond acceptors (Lipinski definition) is 3. The maximum absolute atomic E-state index is 12.6. The number of carbonyl (C=O) groups is 1. The van der Waals surface area contributed by atoms with Crippen LogP contribution in [0.5, 0.6) is 5.75 Å². The van der Waals surface area contributed by atoms with Crippen LogP contribution < -0.4 is 4.74 Å². The monoisotopic (exact) mass is 274 g/mol. The topological polar surface area (TPSA) is 34.5 Å². The summed E-state index contributed by atoms with van der Waals surface area (Å²) in [6.45, 7) is 7.86. The maximum Gasteiger partial charge on any atom is 0.248 e. The first-order valence-corrected chi connectivity index (χ1v) is 7.05. The van der Waals surface area contributed by atoms with Crippen LogP contribution in [0.2, 0.25) is 0 Å². The van der Waals surface area contributed by atoms with Crippen LogP contribution >= 0.6 is 0 Å². The van der Waals surface area contributed by atoms with Crippen LogP contribution in [0.1, 0.15) is 25.6 Å². The number of hydrogen-bond donors (Lipinski definition) is 0. The lowest BCUT2D eigenvalue weighted by atomic mass is 10.2. The highest BCUT2D eigenvalue weighted by atomic mass is 16.5. The number of carbonyl (C=O) groups excluding carboxylic acids is 1. The summed E-state index contributed by atoms with van der Waals surface area (Å²) in [5.41, 5.74) is 0.926. The Bertz CT molecular complexity index is 600. The third-order valence-electron chi connectivity index (χ3n) is 3.85. The molecule has 0 aliphatic heterocycles. The van der Waals surface area contributed by atoms with E-state index in [9.17, 15) is 4.79 Å². The minimum Gasteiger partial charge on any atom is -0.497 e. The Hall–Kier alpha value is -1.81. The lowest BCUT2D eigenvalue weighted by molar-refractivity contribution is 0.0769. The Morgan fingerprint density at radius 3 is 2.60 bits per heavy atom. The summed E-state index contributed by atoms with van der Waals surface area (Å²) in [6.07, 6.45) is 1.84. The molecule has 4 heteroatoms. The van der Waals surface area contributed by atoms with Crippen molar-refractivity contribution >= 4 is 16.8 Å². The zero-order chi connectivity index (χ0) is 14.7. The number of likely N-dealkylation sites (N-methyl/N-ethyl adjacent to an activating group) is 1. The first-order valence-electron chi connectivity index (χ1n) is 7.05. The molecule has 0 radical (unpaired) electrons. The Morgan fingerprint density at radius 2 is 2.00 bits per heavy atom. The number of rotatable bonds is 5. The molecule has 108 valence electrons. The van der Waals surface area contributed by atoms with Crippen molar-refractivity contribution in [2.45, 2.75) is 26.8 Å². The molecule has 1 heterocycles. The standard InChI is InChI=1S/C16H22N2O2/c1-5-17(6-2)12(3)16(19)18-10-9-13-11-14(20-4)7-8-15(13)18/h7-12H,5-6H2,1-4H3. The fourth-order valence-electron chi connectivity index (χ4n) is 2.57. The van der Waals surface area contributed by atoms with Gasteiger partial charge in [-0.1, -0.05) is 13.8 Å². The van der Waals surface area contributed by atoms with Gasteiger partial charge in [-0.25, -0.2) is 0 Å². The third kappa shape index (κ3) is 2.56. The molecular formula is C16H22N2O2. The van der Waals surface area contributed by atoms with Crippen molar-refractivity contribution in [3.05, 3.63) is 30.5 Å². The van der Waals surface area contributed by atoms with Crippen molar-refractivity contribution in [1.29, 1.82) is 0 Å². The van der Waals surface area contributed by atoms with Gasteiger partial charge in [0.2, 0.25) is 5.91 Å². The molecular weight excluding hydrogens is 252 g/mol. The predicted octanol–water partition coefficient (Wildman–Crippen LogP) is 3.02. The van der Waals surface area contributed by atoms with Gasteiger partial charge < -0.3 is 4.74 Å². The first-order chi connectivity index (χ1) is 9.62. The number of nitrogens with zero attached hydrogens (tertiary/aromatic N) is 2. The van der Waals surface area contributed by atoms with Gasteiger partial charge in [-0.2, -0.15) is 0 Å². The summed E-state index contributed by atoms with van der Waals surface area (Å²) in [5.74, 6) is 0.911. The fraction of sp³-hybridized carbons (Fsp3) is 0.438. The summed E-state index contributed by atoms with van der Waals surface area (Å²) in [7, 11) is 1.64. The second kappa shape index (κ2) is 6.09. The summed E-state index contributed by atoms with van der Waals surface area (Å²) >= 11 is 0. The highest BCUT2D eigenvalue weighted by Crippen LogP contribution is 2.22. The second-order valence-electron chi connectivity index (χ2n) is 4.85. The van der Waals surface area contributed by atoms with Crippen LogP contribution in [0.4, 0.5) is 0 Å². The molecule has 0 aliphatic rings. The number of benzene rings is 1. The van der Waals surface area contributed by atoms with Gasteiger partial charge in [0, 0.05) is 11.6 Å². The largest absolute Gasteiger partial charge is 0.497 e. The summed E-state index contributed by atoms with van der Waals surface area (Å²) in [6, 6.07) is 7.59. The van der Waals surface area contributed by atoms with E-state index in [1.54, 1.807) is 11.7 Å². The van der Waals surface area contributed by atoms with Gasteiger partial charge in [0.1, 0.15) is 5.75 Å². The van der Waals surface area contributed by atoms with Gasteiger partial charge in [-0.3, -0.25) is 14.3 Å². The Balaban J connectivity index is 2.35. The quantitative estimate of drug-likeness (QED) is 0.840. The molecule has 2 rings (SSSR count). The molecule has 0 N–H and O–H groups in total. The minimum absolute atomic E-state index is 0.105. The Kier molecular flexibility index (Phi) is 4.45. The van der Waals surface area contributed by atoms with Gasteiger partial charge in [-0.05, 0) is 44.3 Å². The smallest absolute Gasteiger partial charge is 0.248 e. The normalized spacial score (nSPS) is 12.8. The van der Waals surface area contributed by atoms with Gasteiger partial charge >= 0.3 is 0 Å². The zero-order valence-corrected chi connectivity index (χ0v) is 12.6. The summed E-state index contributed by atoms with van der Waals surface area (Å²) < 4.78 is 6.94. The summed E-state index contributed by atoms with van der Waals surface area (Å²) in [4.78, 5) is 14.8. The number of aromatic nitrogens is 1. The van der Waals surface area contributed by atoms with Crippen molar-refractivity contribution in [2.24, 2.45) is 0 Å². The first kappa shape index (κ1) is 14.6. The van der Waals surface area contributed by atoms with Crippen LogP contribution in [-0.2, 0) is 0 Å². The minimum atomic E-state index is -0.122. The van der Waals surface area contributed by atoms with Crippen molar-refractivity contribution in [1.82, 2.24) is 9.47 Å². The Morgan fingerprint density at radius 1 is 1.30 bits per heavy atom. The van der Waals surface area contributed by atoms with Crippen LogP contribution in [0.15, 0.2) is 30.5 Å². The van der Waals surface area contributed by atoms with E-state index in [0.29, 0.717) is 0 Å². The molecule has 4 nitrogen and oxygen atoms in total. The summed E-state index contributed by atoms with van der Waals surface area (Å²) in [5, 5.41) is 1.02. The number of ether oxygens (including phenoxy) is 1. The van der Waals surface area contributed by atoms with Crippen molar-refractivity contribution in [3.8, 4) is 5.75 Å². The van der Waals surface area contributed by atoms with E-state index >= 15 is 0 Å².